The number of nitrogens with one attached hydrogen (secondary N) is 1. The number of carboxylic acid groups (broad SMARTS) is 1. The molecule has 212 valence electrons. The van der Waals surface area contributed by atoms with Gasteiger partial charge in [-0.1, -0.05) is 41.0 Å². The Morgan fingerprint density at radius 1 is 1.00 bits per heavy atom. The van der Waals surface area contributed by atoms with Gasteiger partial charge in [0.2, 0.25) is 5.91 Å². The number of fused-ring (bicyclic) bond motifs is 5. The van der Waals surface area contributed by atoms with E-state index in [4.69, 9.17) is 5.11 Å². The van der Waals surface area contributed by atoms with Gasteiger partial charge in [-0.05, 0) is 104 Å². The quantitative estimate of drug-likeness (QED) is 0.346. The minimum atomic E-state index is -1.05. The van der Waals surface area contributed by atoms with E-state index in [2.05, 4.69) is 33.0 Å². The van der Waals surface area contributed by atoms with Crippen LogP contribution in [0.25, 0.3) is 0 Å². The van der Waals surface area contributed by atoms with Crippen LogP contribution in [-0.2, 0) is 9.59 Å². The van der Waals surface area contributed by atoms with Crippen molar-refractivity contribution >= 4 is 11.9 Å². The third-order valence-electron chi connectivity index (χ3n) is 12.3. The number of aliphatic hydroxyl groups is 3. The van der Waals surface area contributed by atoms with Gasteiger partial charge in [-0.3, -0.25) is 9.59 Å². The molecule has 0 aromatic rings. The van der Waals surface area contributed by atoms with Crippen LogP contribution in [0.1, 0.15) is 92.9 Å². The lowest BCUT2D eigenvalue weighted by Gasteiger charge is -2.68. The van der Waals surface area contributed by atoms with Crippen LogP contribution in [-0.4, -0.2) is 56.7 Å². The lowest BCUT2D eigenvalue weighted by atomic mass is 9.38. The van der Waals surface area contributed by atoms with Crippen LogP contribution in [0.3, 0.4) is 0 Å². The Bertz CT molecular complexity index is 876. The maximum Gasteiger partial charge on any atom is 0.322 e. The lowest BCUT2D eigenvalue weighted by Crippen LogP contribution is -2.69. The van der Waals surface area contributed by atoms with Gasteiger partial charge in [-0.2, -0.15) is 0 Å². The molecule has 7 nitrogen and oxygen atoms in total. The molecule has 0 saturated heterocycles. The predicted molar refractivity (Wildman–Crippen MR) is 141 cm³/mol. The van der Waals surface area contributed by atoms with Crippen molar-refractivity contribution in [3.05, 3.63) is 0 Å². The first-order valence-corrected chi connectivity index (χ1v) is 14.8. The largest absolute Gasteiger partial charge is 0.480 e. The molecular weight excluding hydrogens is 470 g/mol. The summed E-state index contributed by atoms with van der Waals surface area (Å²) in [5.74, 6) is -0.238. The highest BCUT2D eigenvalue weighted by atomic mass is 16.4. The number of hydrogen-bond donors (Lipinski definition) is 5. The number of rotatable bonds is 7. The monoisotopic (exact) mass is 521 g/mol. The van der Waals surface area contributed by atoms with Gasteiger partial charge in [0.15, 0.2) is 0 Å². The molecule has 1 amide bonds. The van der Waals surface area contributed by atoms with Crippen molar-refractivity contribution in [3.63, 3.8) is 0 Å². The summed E-state index contributed by atoms with van der Waals surface area (Å²) in [5.41, 5.74) is -1.18. The van der Waals surface area contributed by atoms with E-state index in [1.807, 2.05) is 13.8 Å². The smallest absolute Gasteiger partial charge is 0.322 e. The summed E-state index contributed by atoms with van der Waals surface area (Å²) in [5, 5.41) is 46.1. The van der Waals surface area contributed by atoms with E-state index in [0.29, 0.717) is 12.8 Å². The molecule has 4 rings (SSSR count). The molecule has 0 aromatic heterocycles. The molecule has 0 aliphatic heterocycles. The van der Waals surface area contributed by atoms with Crippen LogP contribution in [0.5, 0.6) is 0 Å². The molecule has 0 radical (unpaired) electrons. The van der Waals surface area contributed by atoms with Gasteiger partial charge in [0.25, 0.3) is 0 Å². The van der Waals surface area contributed by atoms with Crippen molar-refractivity contribution in [1.29, 1.82) is 0 Å². The lowest BCUT2D eigenvalue weighted by molar-refractivity contribution is -0.263. The molecule has 0 bridgehead atoms. The van der Waals surface area contributed by atoms with Gasteiger partial charge < -0.3 is 25.7 Å². The number of aliphatic hydroxyl groups excluding tert-OH is 2. The summed E-state index contributed by atoms with van der Waals surface area (Å²) in [4.78, 5) is 23.3. The topological polar surface area (TPSA) is 127 Å². The van der Waals surface area contributed by atoms with Crippen LogP contribution in [0.4, 0.5) is 0 Å². The molecule has 0 spiro atoms. The SMILES string of the molecule is CC[C@@H]1[C@@H]2C[C@H](O)CC[C@]2(C)C2C[C@H](O)[C@@]3(C)C(CC[C@@H]3[C@@H](C)C[C@H](C)C(=O)NCC(=O)O)C2[C@]1(C)O. The third kappa shape index (κ3) is 4.55. The van der Waals surface area contributed by atoms with Crippen molar-refractivity contribution < 1.29 is 30.0 Å². The fourth-order valence-corrected chi connectivity index (χ4v) is 10.6. The second-order valence-electron chi connectivity index (χ2n) is 14.0. The van der Waals surface area contributed by atoms with Gasteiger partial charge in [-0.15, -0.1) is 0 Å². The summed E-state index contributed by atoms with van der Waals surface area (Å²) in [7, 11) is 0. The molecule has 0 aromatic carbocycles. The molecule has 13 atom stereocenters. The van der Waals surface area contributed by atoms with E-state index in [9.17, 15) is 24.9 Å². The molecule has 4 saturated carbocycles. The summed E-state index contributed by atoms with van der Waals surface area (Å²) in [6.07, 6.45) is 5.88. The minimum Gasteiger partial charge on any atom is -0.480 e. The van der Waals surface area contributed by atoms with E-state index >= 15 is 0 Å². The first kappa shape index (κ1) is 28.8. The van der Waals surface area contributed by atoms with Crippen molar-refractivity contribution in [3.8, 4) is 0 Å². The number of hydrogen-bond acceptors (Lipinski definition) is 5. The van der Waals surface area contributed by atoms with Crippen molar-refractivity contribution in [2.45, 2.75) is 111 Å². The third-order valence-corrected chi connectivity index (χ3v) is 12.3. The van der Waals surface area contributed by atoms with E-state index in [0.717, 1.165) is 38.5 Å². The van der Waals surface area contributed by atoms with Gasteiger partial charge in [0.05, 0.1) is 17.8 Å². The zero-order valence-corrected chi connectivity index (χ0v) is 23.7. The number of carbonyl (C=O) groups is 2. The van der Waals surface area contributed by atoms with E-state index in [1.165, 1.54) is 0 Å². The van der Waals surface area contributed by atoms with Crippen molar-refractivity contribution in [1.82, 2.24) is 5.32 Å². The number of carboxylic acids is 1. The zero-order valence-electron chi connectivity index (χ0n) is 23.7. The average molecular weight is 522 g/mol. The summed E-state index contributed by atoms with van der Waals surface area (Å²) in [6.45, 7) is 12.5. The second-order valence-corrected chi connectivity index (χ2v) is 14.0. The Labute approximate surface area is 222 Å². The van der Waals surface area contributed by atoms with Gasteiger partial charge in [0, 0.05) is 5.92 Å². The van der Waals surface area contributed by atoms with Gasteiger partial charge in [-0.25, -0.2) is 0 Å². The number of amides is 1. The number of carbonyl (C=O) groups excluding carboxylic acids is 1. The van der Waals surface area contributed by atoms with Gasteiger partial charge in [0.1, 0.15) is 6.54 Å². The fraction of sp³-hybridized carbons (Fsp3) is 0.933. The highest BCUT2D eigenvalue weighted by Crippen LogP contribution is 2.71. The summed E-state index contributed by atoms with van der Waals surface area (Å²) < 4.78 is 0. The Kier molecular flexibility index (Phi) is 7.86. The molecule has 3 unspecified atom stereocenters. The van der Waals surface area contributed by atoms with Crippen LogP contribution < -0.4 is 5.32 Å². The van der Waals surface area contributed by atoms with Crippen LogP contribution in [0.15, 0.2) is 0 Å². The maximum atomic E-state index is 12.5. The minimum absolute atomic E-state index is 0.00949. The van der Waals surface area contributed by atoms with Gasteiger partial charge >= 0.3 is 5.97 Å². The average Bonchev–Trinajstić information content (AvgIpc) is 3.17. The molecular formula is C30H51NO6. The second kappa shape index (κ2) is 10.1. The van der Waals surface area contributed by atoms with Crippen LogP contribution >= 0.6 is 0 Å². The van der Waals surface area contributed by atoms with Crippen molar-refractivity contribution in [2.24, 2.45) is 58.2 Å². The molecule has 4 aliphatic carbocycles. The Hall–Kier alpha value is -1.18. The van der Waals surface area contributed by atoms with Crippen molar-refractivity contribution in [2.75, 3.05) is 6.54 Å². The highest BCUT2D eigenvalue weighted by molar-refractivity contribution is 5.82. The summed E-state index contributed by atoms with van der Waals surface area (Å²) >= 11 is 0. The highest BCUT2D eigenvalue weighted by Gasteiger charge is 2.70. The first-order chi connectivity index (χ1) is 17.2. The fourth-order valence-electron chi connectivity index (χ4n) is 10.6. The standard InChI is InChI=1S/C30H51NO6/c1-7-19-22-13-18(32)10-11-28(22,4)23-14-24(33)29(5)20(8-9-21(29)26(23)30(19,6)37)16(2)12-17(3)27(36)31-15-25(34)35/h16-24,26,32-33,37H,7-15H2,1-6H3,(H,31,36)(H,34,35)/t16-,17-,18+,19+,20+,21?,22-,23?,24-,26?,28-,29+,30+/m0/s1. The molecule has 4 aliphatic rings. The Morgan fingerprint density at radius 2 is 1.68 bits per heavy atom. The van der Waals surface area contributed by atoms with E-state index < -0.39 is 17.7 Å². The molecule has 4 fully saturated rings. The number of aliphatic carboxylic acids is 1. The summed E-state index contributed by atoms with van der Waals surface area (Å²) in [6, 6.07) is 0. The Morgan fingerprint density at radius 3 is 2.30 bits per heavy atom. The molecule has 0 heterocycles. The molecule has 5 N–H and O–H groups in total. The van der Waals surface area contributed by atoms with Crippen LogP contribution in [0.2, 0.25) is 0 Å². The molecule has 7 heteroatoms. The zero-order chi connectivity index (χ0) is 27.5. The van der Waals surface area contributed by atoms with Crippen LogP contribution in [0, 0.1) is 58.2 Å². The molecule has 37 heavy (non-hydrogen) atoms. The van der Waals surface area contributed by atoms with E-state index in [1.54, 1.807) is 0 Å². The van der Waals surface area contributed by atoms with E-state index in [-0.39, 0.29) is 76.7 Å². The Balaban J connectivity index is 1.61. The maximum absolute atomic E-state index is 12.5. The predicted octanol–water partition coefficient (Wildman–Crippen LogP) is 3.84. The normalized spacial score (nSPS) is 48.8. The first-order valence-electron chi connectivity index (χ1n) is 14.8.